The molecule has 0 saturated heterocycles. The van der Waals surface area contributed by atoms with Crippen LogP contribution in [0.3, 0.4) is 0 Å². The van der Waals surface area contributed by atoms with Crippen molar-refractivity contribution < 1.29 is 9.21 Å². The van der Waals surface area contributed by atoms with Gasteiger partial charge in [0.1, 0.15) is 11.5 Å². The average molecular weight is 213 g/mol. The Kier molecular flexibility index (Phi) is 3.63. The summed E-state index contributed by atoms with van der Waals surface area (Å²) < 4.78 is 5.39. The number of nitrogens with one attached hydrogen (secondary N) is 1. The fourth-order valence-corrected chi connectivity index (χ4v) is 1.17. The third kappa shape index (κ3) is 2.80. The molecule has 2 unspecified atom stereocenters. The maximum Gasteiger partial charge on any atom is 0.233 e. The second-order valence-electron chi connectivity index (χ2n) is 3.35. The van der Waals surface area contributed by atoms with E-state index in [-0.39, 0.29) is 17.2 Å². The molecule has 4 heteroatoms. The first kappa shape index (κ1) is 11.2. The molecule has 1 amide bonds. The number of carbonyl (C=O) groups is 1. The van der Waals surface area contributed by atoms with Crippen molar-refractivity contribution in [3.63, 3.8) is 0 Å². The third-order valence-corrected chi connectivity index (χ3v) is 2.16. The molecule has 0 aliphatic carbocycles. The fourth-order valence-electron chi connectivity index (χ4n) is 1.09. The standard InChI is InChI=1S/C10H15NO2S/c1-6-4-5-9(13-6)7(2)11-10(12)8(3)14/h4-5,7-8,14H,1-3H3,(H,11,12). The van der Waals surface area contributed by atoms with Gasteiger partial charge < -0.3 is 9.73 Å². The van der Waals surface area contributed by atoms with E-state index in [1.54, 1.807) is 6.92 Å². The largest absolute Gasteiger partial charge is 0.464 e. The van der Waals surface area contributed by atoms with Crippen LogP contribution in [0, 0.1) is 6.92 Å². The van der Waals surface area contributed by atoms with Crippen LogP contribution >= 0.6 is 12.6 Å². The fraction of sp³-hybridized carbons (Fsp3) is 0.500. The summed E-state index contributed by atoms with van der Waals surface area (Å²) in [6.07, 6.45) is 0. The second kappa shape index (κ2) is 4.55. The van der Waals surface area contributed by atoms with E-state index in [1.807, 2.05) is 26.0 Å². The Morgan fingerprint density at radius 1 is 1.50 bits per heavy atom. The molecular formula is C10H15NO2S. The quantitative estimate of drug-likeness (QED) is 0.755. The van der Waals surface area contributed by atoms with Gasteiger partial charge in [0.25, 0.3) is 0 Å². The minimum Gasteiger partial charge on any atom is -0.464 e. The lowest BCUT2D eigenvalue weighted by Crippen LogP contribution is -2.31. The zero-order valence-corrected chi connectivity index (χ0v) is 9.47. The van der Waals surface area contributed by atoms with E-state index in [1.165, 1.54) is 0 Å². The smallest absolute Gasteiger partial charge is 0.233 e. The van der Waals surface area contributed by atoms with Crippen molar-refractivity contribution >= 4 is 18.5 Å². The predicted octanol–water partition coefficient (Wildman–Crippen LogP) is 2.08. The summed E-state index contributed by atoms with van der Waals surface area (Å²) in [4.78, 5) is 11.3. The number of aryl methyl sites for hydroxylation is 1. The summed E-state index contributed by atoms with van der Waals surface area (Å²) >= 11 is 4.04. The molecule has 78 valence electrons. The highest BCUT2D eigenvalue weighted by Gasteiger charge is 2.14. The average Bonchev–Trinajstić information content (AvgIpc) is 2.51. The van der Waals surface area contributed by atoms with Crippen molar-refractivity contribution in [3.8, 4) is 0 Å². The molecule has 0 fully saturated rings. The van der Waals surface area contributed by atoms with Crippen molar-refractivity contribution in [1.82, 2.24) is 5.32 Å². The molecule has 1 rings (SSSR count). The Morgan fingerprint density at radius 3 is 2.57 bits per heavy atom. The van der Waals surface area contributed by atoms with E-state index < -0.39 is 0 Å². The summed E-state index contributed by atoms with van der Waals surface area (Å²) in [5.74, 6) is 1.53. The first-order chi connectivity index (χ1) is 6.50. The summed E-state index contributed by atoms with van der Waals surface area (Å²) in [5, 5.41) is 2.50. The van der Waals surface area contributed by atoms with Crippen LogP contribution in [0.2, 0.25) is 0 Å². The first-order valence-corrected chi connectivity index (χ1v) is 5.07. The molecule has 0 spiro atoms. The van der Waals surface area contributed by atoms with Gasteiger partial charge >= 0.3 is 0 Å². The van der Waals surface area contributed by atoms with Crippen LogP contribution in [-0.4, -0.2) is 11.2 Å². The summed E-state index contributed by atoms with van der Waals surface area (Å²) in [7, 11) is 0. The Labute approximate surface area is 89.3 Å². The predicted molar refractivity (Wildman–Crippen MR) is 58.5 cm³/mol. The van der Waals surface area contributed by atoms with Gasteiger partial charge in [0, 0.05) is 0 Å². The van der Waals surface area contributed by atoms with E-state index in [0.29, 0.717) is 0 Å². The van der Waals surface area contributed by atoms with Gasteiger partial charge in [-0.2, -0.15) is 12.6 Å². The van der Waals surface area contributed by atoms with Crippen LogP contribution in [0.4, 0.5) is 0 Å². The van der Waals surface area contributed by atoms with Crippen molar-refractivity contribution in [2.75, 3.05) is 0 Å². The second-order valence-corrected chi connectivity index (χ2v) is 4.13. The van der Waals surface area contributed by atoms with E-state index in [4.69, 9.17) is 4.42 Å². The lowest BCUT2D eigenvalue weighted by Gasteiger charge is -2.12. The molecule has 1 aromatic heterocycles. The number of thiol groups is 1. The van der Waals surface area contributed by atoms with Gasteiger partial charge in [0.2, 0.25) is 5.91 Å². The van der Waals surface area contributed by atoms with Crippen molar-refractivity contribution in [2.24, 2.45) is 0 Å². The van der Waals surface area contributed by atoms with E-state index in [2.05, 4.69) is 17.9 Å². The highest BCUT2D eigenvalue weighted by atomic mass is 32.1. The zero-order chi connectivity index (χ0) is 10.7. The maximum absolute atomic E-state index is 11.3. The first-order valence-electron chi connectivity index (χ1n) is 4.55. The molecule has 3 nitrogen and oxygen atoms in total. The van der Waals surface area contributed by atoms with Crippen LogP contribution < -0.4 is 5.32 Å². The monoisotopic (exact) mass is 213 g/mol. The summed E-state index contributed by atoms with van der Waals surface area (Å²) in [5.41, 5.74) is 0. The molecule has 14 heavy (non-hydrogen) atoms. The highest BCUT2D eigenvalue weighted by Crippen LogP contribution is 2.15. The third-order valence-electron chi connectivity index (χ3n) is 1.93. The van der Waals surface area contributed by atoms with Gasteiger partial charge in [0.15, 0.2) is 0 Å². The Balaban J connectivity index is 2.59. The van der Waals surface area contributed by atoms with Crippen LogP contribution in [0.5, 0.6) is 0 Å². The summed E-state index contributed by atoms with van der Waals surface area (Å²) in [6.45, 7) is 5.49. The van der Waals surface area contributed by atoms with Gasteiger partial charge in [-0.1, -0.05) is 0 Å². The van der Waals surface area contributed by atoms with E-state index in [9.17, 15) is 4.79 Å². The molecule has 0 aromatic carbocycles. The van der Waals surface area contributed by atoms with Gasteiger partial charge in [-0.05, 0) is 32.9 Å². The number of amides is 1. The molecule has 1 heterocycles. The molecular weight excluding hydrogens is 198 g/mol. The van der Waals surface area contributed by atoms with Crippen LogP contribution in [0.1, 0.15) is 31.4 Å². The maximum atomic E-state index is 11.3. The van der Waals surface area contributed by atoms with E-state index in [0.717, 1.165) is 11.5 Å². The van der Waals surface area contributed by atoms with Crippen molar-refractivity contribution in [2.45, 2.75) is 32.1 Å². The van der Waals surface area contributed by atoms with Gasteiger partial charge in [-0.25, -0.2) is 0 Å². The van der Waals surface area contributed by atoms with Gasteiger partial charge in [-0.15, -0.1) is 0 Å². The molecule has 0 saturated carbocycles. The lowest BCUT2D eigenvalue weighted by molar-refractivity contribution is -0.121. The normalized spacial score (nSPS) is 14.9. The number of hydrogen-bond acceptors (Lipinski definition) is 3. The van der Waals surface area contributed by atoms with Crippen molar-refractivity contribution in [1.29, 1.82) is 0 Å². The number of carbonyl (C=O) groups excluding carboxylic acids is 1. The Hall–Kier alpha value is -0.900. The Bertz CT molecular complexity index is 320. The molecule has 0 aliphatic heterocycles. The lowest BCUT2D eigenvalue weighted by atomic mass is 10.2. The topological polar surface area (TPSA) is 42.2 Å². The summed E-state index contributed by atoms with van der Waals surface area (Å²) in [6, 6.07) is 3.64. The van der Waals surface area contributed by atoms with Crippen LogP contribution in [0.25, 0.3) is 0 Å². The van der Waals surface area contributed by atoms with E-state index >= 15 is 0 Å². The molecule has 2 atom stereocenters. The molecule has 1 N–H and O–H groups in total. The molecule has 0 radical (unpaired) electrons. The number of hydrogen-bond donors (Lipinski definition) is 2. The zero-order valence-electron chi connectivity index (χ0n) is 8.57. The molecule has 0 aliphatic rings. The van der Waals surface area contributed by atoms with Gasteiger partial charge in [0.05, 0.1) is 11.3 Å². The molecule has 0 bridgehead atoms. The minimum absolute atomic E-state index is 0.0881. The minimum atomic E-state index is -0.298. The Morgan fingerprint density at radius 2 is 2.14 bits per heavy atom. The van der Waals surface area contributed by atoms with Crippen LogP contribution in [0.15, 0.2) is 16.5 Å². The molecule has 1 aromatic rings. The highest BCUT2D eigenvalue weighted by molar-refractivity contribution is 7.81. The van der Waals surface area contributed by atoms with Crippen molar-refractivity contribution in [3.05, 3.63) is 23.7 Å². The SMILES string of the molecule is Cc1ccc(C(C)NC(=O)C(C)S)o1. The van der Waals surface area contributed by atoms with Crippen LogP contribution in [-0.2, 0) is 4.79 Å². The number of furan rings is 1. The van der Waals surface area contributed by atoms with Gasteiger partial charge in [-0.3, -0.25) is 4.79 Å². The number of rotatable bonds is 3.